The number of hydrogen-bond acceptors (Lipinski definition) is 3. The molecule has 0 saturated carbocycles. The van der Waals surface area contributed by atoms with Crippen LogP contribution in [-0.2, 0) is 9.59 Å². The molecule has 0 aromatic heterocycles. The second-order valence-electron chi connectivity index (χ2n) is 6.48. The molecule has 5 nitrogen and oxygen atoms in total. The van der Waals surface area contributed by atoms with E-state index in [0.29, 0.717) is 0 Å². The molecule has 2 aromatic carbocycles. The van der Waals surface area contributed by atoms with E-state index in [9.17, 15) is 14.7 Å². The van der Waals surface area contributed by atoms with Crippen LogP contribution >= 0.6 is 0 Å². The smallest absolute Gasteiger partial charge is 0.309 e. The van der Waals surface area contributed by atoms with Gasteiger partial charge in [-0.1, -0.05) is 24.3 Å². The summed E-state index contributed by atoms with van der Waals surface area (Å²) in [7, 11) is 1.60. The Morgan fingerprint density at radius 1 is 1.08 bits per heavy atom. The Morgan fingerprint density at radius 2 is 1.71 bits per heavy atom. The Bertz CT molecular complexity index is 763. The zero-order valence-corrected chi connectivity index (χ0v) is 14.1. The van der Waals surface area contributed by atoms with Crippen molar-refractivity contribution in [1.29, 1.82) is 0 Å². The molecule has 0 amide bonds. The first-order valence-corrected chi connectivity index (χ1v) is 7.78. The lowest BCUT2D eigenvalue weighted by Crippen LogP contribution is -2.31. The molecule has 2 N–H and O–H groups in total. The monoisotopic (exact) mass is 330 g/mol. The molecule has 128 valence electrons. The van der Waals surface area contributed by atoms with Crippen LogP contribution in [0.4, 0.5) is 0 Å². The van der Waals surface area contributed by atoms with Crippen LogP contribution in [0.1, 0.15) is 38.2 Å². The van der Waals surface area contributed by atoms with E-state index in [2.05, 4.69) is 0 Å². The molecule has 0 fully saturated rings. The lowest BCUT2D eigenvalue weighted by Gasteiger charge is -2.31. The number of hydrogen-bond donors (Lipinski definition) is 2. The van der Waals surface area contributed by atoms with E-state index in [1.54, 1.807) is 21.0 Å². The molecule has 2 aromatic rings. The summed E-state index contributed by atoms with van der Waals surface area (Å²) in [6.45, 7) is 3.28. The first kappa shape index (κ1) is 17.8. The Labute approximate surface area is 140 Å². The highest BCUT2D eigenvalue weighted by Gasteiger charge is 2.37. The number of benzene rings is 2. The summed E-state index contributed by atoms with van der Waals surface area (Å²) in [6.07, 6.45) is 0.207. The number of aliphatic carboxylic acids is 2. The van der Waals surface area contributed by atoms with Crippen LogP contribution < -0.4 is 4.74 Å². The summed E-state index contributed by atoms with van der Waals surface area (Å²) in [5.41, 5.74) is -0.225. The van der Waals surface area contributed by atoms with Gasteiger partial charge in [0.15, 0.2) is 0 Å². The second kappa shape index (κ2) is 6.91. The van der Waals surface area contributed by atoms with Gasteiger partial charge in [-0.15, -0.1) is 0 Å². The van der Waals surface area contributed by atoms with Crippen LogP contribution in [0.3, 0.4) is 0 Å². The van der Waals surface area contributed by atoms with Crippen molar-refractivity contribution in [3.8, 4) is 5.75 Å². The Kier molecular flexibility index (Phi) is 5.12. The number of carboxylic acid groups (broad SMARTS) is 2. The first-order chi connectivity index (χ1) is 11.3. The van der Waals surface area contributed by atoms with E-state index < -0.39 is 23.3 Å². The topological polar surface area (TPSA) is 83.8 Å². The van der Waals surface area contributed by atoms with Gasteiger partial charge in [0.2, 0.25) is 0 Å². The molecule has 24 heavy (non-hydrogen) atoms. The van der Waals surface area contributed by atoms with Gasteiger partial charge in [0.05, 0.1) is 12.5 Å². The Balaban J connectivity index is 2.46. The number of rotatable bonds is 7. The fourth-order valence-corrected chi connectivity index (χ4v) is 2.95. The largest absolute Gasteiger partial charge is 0.497 e. The molecule has 0 saturated heterocycles. The lowest BCUT2D eigenvalue weighted by atomic mass is 9.72. The third-order valence-electron chi connectivity index (χ3n) is 4.54. The maximum absolute atomic E-state index is 11.7. The SMILES string of the molecule is COc1ccc2cc(C(CCC(=O)O)C(C)(C)C(=O)O)ccc2c1. The van der Waals surface area contributed by atoms with Gasteiger partial charge in [-0.25, -0.2) is 0 Å². The van der Waals surface area contributed by atoms with Crippen molar-refractivity contribution in [1.82, 2.24) is 0 Å². The number of methoxy groups -OCH3 is 1. The minimum atomic E-state index is -1.06. The van der Waals surface area contributed by atoms with Crippen LogP contribution in [0.25, 0.3) is 10.8 Å². The van der Waals surface area contributed by atoms with Crippen molar-refractivity contribution < 1.29 is 24.5 Å². The fraction of sp³-hybridized carbons (Fsp3) is 0.368. The number of carboxylic acids is 2. The average Bonchev–Trinajstić information content (AvgIpc) is 2.53. The number of fused-ring (bicyclic) bond motifs is 1. The summed E-state index contributed by atoms with van der Waals surface area (Å²) in [5, 5.41) is 20.5. The maximum atomic E-state index is 11.7. The Morgan fingerprint density at radius 3 is 2.29 bits per heavy atom. The third-order valence-corrected chi connectivity index (χ3v) is 4.54. The van der Waals surface area contributed by atoms with Crippen molar-refractivity contribution in [2.24, 2.45) is 5.41 Å². The standard InChI is InChI=1S/C19H22O5/c1-19(2,18(22)23)16(8-9-17(20)21)14-5-4-13-11-15(24-3)7-6-12(13)10-14/h4-7,10-11,16H,8-9H2,1-3H3,(H,20,21)(H,22,23). The molecule has 0 heterocycles. The van der Waals surface area contributed by atoms with Gasteiger partial charge in [-0.3, -0.25) is 9.59 Å². The second-order valence-corrected chi connectivity index (χ2v) is 6.48. The molecular weight excluding hydrogens is 308 g/mol. The van der Waals surface area contributed by atoms with Gasteiger partial charge in [0.1, 0.15) is 5.75 Å². The van der Waals surface area contributed by atoms with Gasteiger partial charge in [-0.05, 0) is 48.7 Å². The molecule has 0 aliphatic rings. The van der Waals surface area contributed by atoms with Crippen LogP contribution in [0.2, 0.25) is 0 Å². The van der Waals surface area contributed by atoms with Crippen molar-refractivity contribution in [3.63, 3.8) is 0 Å². The van der Waals surface area contributed by atoms with Crippen molar-refractivity contribution in [2.45, 2.75) is 32.6 Å². The highest BCUT2D eigenvalue weighted by Crippen LogP contribution is 2.40. The molecule has 0 bridgehead atoms. The van der Waals surface area contributed by atoms with E-state index in [1.807, 2.05) is 36.4 Å². The number of carbonyl (C=O) groups is 2. The molecule has 2 rings (SSSR count). The van der Waals surface area contributed by atoms with Crippen molar-refractivity contribution in [3.05, 3.63) is 42.0 Å². The summed E-state index contributed by atoms with van der Waals surface area (Å²) >= 11 is 0. The third kappa shape index (κ3) is 3.67. The van der Waals surface area contributed by atoms with E-state index in [4.69, 9.17) is 9.84 Å². The molecule has 0 radical (unpaired) electrons. The van der Waals surface area contributed by atoms with Gasteiger partial charge in [-0.2, -0.15) is 0 Å². The number of ether oxygens (including phenoxy) is 1. The molecule has 0 spiro atoms. The van der Waals surface area contributed by atoms with Gasteiger partial charge in [0.25, 0.3) is 0 Å². The minimum Gasteiger partial charge on any atom is -0.497 e. The molecule has 0 aliphatic carbocycles. The molecular formula is C19H22O5. The van der Waals surface area contributed by atoms with Crippen LogP contribution in [-0.4, -0.2) is 29.3 Å². The Hall–Kier alpha value is -2.56. The normalized spacial score (nSPS) is 12.8. The minimum absolute atomic E-state index is 0.0674. The summed E-state index contributed by atoms with van der Waals surface area (Å²) in [4.78, 5) is 22.6. The fourth-order valence-electron chi connectivity index (χ4n) is 2.95. The van der Waals surface area contributed by atoms with E-state index >= 15 is 0 Å². The predicted molar refractivity (Wildman–Crippen MR) is 91.5 cm³/mol. The molecule has 1 atom stereocenters. The van der Waals surface area contributed by atoms with Crippen LogP contribution in [0.5, 0.6) is 5.75 Å². The van der Waals surface area contributed by atoms with Crippen molar-refractivity contribution >= 4 is 22.7 Å². The zero-order valence-electron chi connectivity index (χ0n) is 14.1. The highest BCUT2D eigenvalue weighted by molar-refractivity contribution is 5.85. The lowest BCUT2D eigenvalue weighted by molar-refractivity contribution is -0.149. The molecule has 5 heteroatoms. The zero-order chi connectivity index (χ0) is 17.9. The van der Waals surface area contributed by atoms with Crippen LogP contribution in [0, 0.1) is 5.41 Å². The maximum Gasteiger partial charge on any atom is 0.309 e. The summed E-state index contributed by atoms with van der Waals surface area (Å²) in [6, 6.07) is 11.4. The first-order valence-electron chi connectivity index (χ1n) is 7.78. The van der Waals surface area contributed by atoms with E-state index in [1.165, 1.54) is 0 Å². The molecule has 0 aliphatic heterocycles. The van der Waals surface area contributed by atoms with E-state index in [-0.39, 0.29) is 12.8 Å². The van der Waals surface area contributed by atoms with E-state index in [0.717, 1.165) is 22.1 Å². The van der Waals surface area contributed by atoms with Gasteiger partial charge >= 0.3 is 11.9 Å². The summed E-state index contributed by atoms with van der Waals surface area (Å²) < 4.78 is 5.21. The highest BCUT2D eigenvalue weighted by atomic mass is 16.5. The quantitative estimate of drug-likeness (QED) is 0.804. The summed E-state index contributed by atoms with van der Waals surface area (Å²) in [5.74, 6) is -1.50. The average molecular weight is 330 g/mol. The molecule has 1 unspecified atom stereocenters. The van der Waals surface area contributed by atoms with Gasteiger partial charge < -0.3 is 14.9 Å². The van der Waals surface area contributed by atoms with Gasteiger partial charge in [0, 0.05) is 12.3 Å². The van der Waals surface area contributed by atoms with Crippen molar-refractivity contribution in [2.75, 3.05) is 7.11 Å². The predicted octanol–water partition coefficient (Wildman–Crippen LogP) is 3.91. The van der Waals surface area contributed by atoms with Crippen LogP contribution in [0.15, 0.2) is 36.4 Å².